The normalized spacial score (nSPS) is 11.0. The highest BCUT2D eigenvalue weighted by molar-refractivity contribution is 6.06. The molecule has 0 saturated heterocycles. The highest BCUT2D eigenvalue weighted by Gasteiger charge is 2.13. The Morgan fingerprint density at radius 2 is 2.00 bits per heavy atom. The van der Waals surface area contributed by atoms with Crippen molar-refractivity contribution in [2.45, 2.75) is 6.92 Å². The molecule has 8 heteroatoms. The minimum atomic E-state index is -0.582. The molecular formula is C18H14N4O4. The molecule has 0 radical (unpaired) electrons. The van der Waals surface area contributed by atoms with E-state index in [1.165, 1.54) is 24.4 Å². The monoisotopic (exact) mass is 350 g/mol. The molecule has 1 amide bonds. The predicted octanol–water partition coefficient (Wildman–Crippen LogP) is 2.51. The second kappa shape index (κ2) is 6.98. The zero-order valence-corrected chi connectivity index (χ0v) is 13.7. The van der Waals surface area contributed by atoms with Gasteiger partial charge in [0.1, 0.15) is 0 Å². The van der Waals surface area contributed by atoms with Gasteiger partial charge in [0, 0.05) is 23.0 Å². The van der Waals surface area contributed by atoms with E-state index in [1.54, 1.807) is 24.3 Å². The molecule has 0 aliphatic heterocycles. The maximum atomic E-state index is 12.4. The number of para-hydroxylation sites is 1. The van der Waals surface area contributed by atoms with E-state index in [1.807, 2.05) is 13.0 Å². The molecule has 3 rings (SSSR count). The summed E-state index contributed by atoms with van der Waals surface area (Å²) in [5.74, 6) is -0.582. The SMILES string of the molecule is Cc1ccc2[nH]c(=O)cc(C(=O)N/N=C/c3ccccc3[N+](=O)[O-])c2c1. The van der Waals surface area contributed by atoms with E-state index in [0.29, 0.717) is 10.9 Å². The van der Waals surface area contributed by atoms with Gasteiger partial charge in [-0.3, -0.25) is 19.7 Å². The summed E-state index contributed by atoms with van der Waals surface area (Å²) in [5.41, 5.74) is 3.67. The van der Waals surface area contributed by atoms with Crippen molar-refractivity contribution in [3.63, 3.8) is 0 Å². The first kappa shape index (κ1) is 17.0. The first-order valence-corrected chi connectivity index (χ1v) is 7.66. The van der Waals surface area contributed by atoms with Crippen molar-refractivity contribution in [1.82, 2.24) is 10.4 Å². The first-order valence-electron chi connectivity index (χ1n) is 7.66. The van der Waals surface area contributed by atoms with Crippen LogP contribution in [0.4, 0.5) is 5.69 Å². The Balaban J connectivity index is 1.90. The van der Waals surface area contributed by atoms with Crippen LogP contribution >= 0.6 is 0 Å². The number of hydrogen-bond acceptors (Lipinski definition) is 5. The summed E-state index contributed by atoms with van der Waals surface area (Å²) in [6.07, 6.45) is 1.19. The fourth-order valence-corrected chi connectivity index (χ4v) is 2.54. The van der Waals surface area contributed by atoms with Crippen molar-refractivity contribution < 1.29 is 9.72 Å². The quantitative estimate of drug-likeness (QED) is 0.427. The van der Waals surface area contributed by atoms with E-state index in [9.17, 15) is 19.7 Å². The fraction of sp³-hybridized carbons (Fsp3) is 0.0556. The molecule has 3 aromatic rings. The number of benzene rings is 2. The predicted molar refractivity (Wildman–Crippen MR) is 97.5 cm³/mol. The standard InChI is InChI=1S/C18H14N4O4/c1-11-6-7-15-13(8-11)14(9-17(23)20-15)18(24)21-19-10-12-4-2-3-5-16(12)22(25)26/h2-10H,1H3,(H,20,23)(H,21,24)/b19-10+. The number of hydrazone groups is 1. The molecule has 0 fully saturated rings. The molecule has 0 atom stereocenters. The van der Waals surface area contributed by atoms with Gasteiger partial charge in [0.25, 0.3) is 11.6 Å². The van der Waals surface area contributed by atoms with Gasteiger partial charge in [0.05, 0.1) is 22.3 Å². The van der Waals surface area contributed by atoms with Crippen LogP contribution in [0.15, 0.2) is 58.4 Å². The minimum absolute atomic E-state index is 0.122. The van der Waals surface area contributed by atoms with E-state index in [4.69, 9.17) is 0 Å². The molecule has 130 valence electrons. The Kier molecular flexibility index (Phi) is 4.57. The number of carbonyl (C=O) groups excluding carboxylic acids is 1. The Morgan fingerprint density at radius 1 is 1.23 bits per heavy atom. The third kappa shape index (κ3) is 3.48. The summed E-state index contributed by atoms with van der Waals surface area (Å²) in [4.78, 5) is 37.3. The third-order valence-corrected chi connectivity index (χ3v) is 3.75. The smallest absolute Gasteiger partial charge is 0.278 e. The molecule has 0 spiro atoms. The Bertz CT molecular complexity index is 1100. The van der Waals surface area contributed by atoms with Crippen molar-refractivity contribution in [3.05, 3.63) is 85.7 Å². The van der Waals surface area contributed by atoms with Crippen LogP contribution in [0, 0.1) is 17.0 Å². The summed E-state index contributed by atoms with van der Waals surface area (Å²) in [5, 5.41) is 15.3. The van der Waals surface area contributed by atoms with E-state index < -0.39 is 16.4 Å². The third-order valence-electron chi connectivity index (χ3n) is 3.75. The number of nitrogens with zero attached hydrogens (tertiary/aromatic N) is 2. The highest BCUT2D eigenvalue weighted by atomic mass is 16.6. The molecule has 2 aromatic carbocycles. The second-order valence-electron chi connectivity index (χ2n) is 5.61. The largest absolute Gasteiger partial charge is 0.322 e. The Labute approximate surface area is 147 Å². The van der Waals surface area contributed by atoms with Crippen molar-refractivity contribution in [1.29, 1.82) is 0 Å². The number of nitro benzene ring substituents is 1. The zero-order valence-electron chi connectivity index (χ0n) is 13.7. The van der Waals surface area contributed by atoms with Crippen molar-refractivity contribution >= 4 is 28.7 Å². The maximum Gasteiger partial charge on any atom is 0.278 e. The number of nitrogens with one attached hydrogen (secondary N) is 2. The lowest BCUT2D eigenvalue weighted by atomic mass is 10.1. The molecule has 0 aliphatic carbocycles. The fourth-order valence-electron chi connectivity index (χ4n) is 2.54. The molecule has 0 aliphatic rings. The van der Waals surface area contributed by atoms with Gasteiger partial charge in [-0.2, -0.15) is 5.10 Å². The van der Waals surface area contributed by atoms with E-state index in [2.05, 4.69) is 15.5 Å². The van der Waals surface area contributed by atoms with Crippen LogP contribution in [0.5, 0.6) is 0 Å². The minimum Gasteiger partial charge on any atom is -0.322 e. The number of aryl methyl sites for hydroxylation is 1. The van der Waals surface area contributed by atoms with Crippen LogP contribution in [0.25, 0.3) is 10.9 Å². The topological polar surface area (TPSA) is 117 Å². The van der Waals surface area contributed by atoms with Gasteiger partial charge in [0.15, 0.2) is 0 Å². The van der Waals surface area contributed by atoms with Crippen LogP contribution in [0.3, 0.4) is 0 Å². The first-order chi connectivity index (χ1) is 12.5. The van der Waals surface area contributed by atoms with Crippen molar-refractivity contribution in [2.24, 2.45) is 5.10 Å². The number of pyridine rings is 1. The van der Waals surface area contributed by atoms with Crippen LogP contribution < -0.4 is 11.0 Å². The van der Waals surface area contributed by atoms with Gasteiger partial charge < -0.3 is 4.98 Å². The van der Waals surface area contributed by atoms with E-state index in [-0.39, 0.29) is 16.8 Å². The molecule has 8 nitrogen and oxygen atoms in total. The summed E-state index contributed by atoms with van der Waals surface area (Å²) in [7, 11) is 0. The lowest BCUT2D eigenvalue weighted by Crippen LogP contribution is -2.21. The zero-order chi connectivity index (χ0) is 18.7. The van der Waals surface area contributed by atoms with Gasteiger partial charge in [-0.25, -0.2) is 5.43 Å². The Hall–Kier alpha value is -3.81. The molecule has 2 N–H and O–H groups in total. The summed E-state index contributed by atoms with van der Waals surface area (Å²) in [6, 6.07) is 12.5. The van der Waals surface area contributed by atoms with Gasteiger partial charge in [-0.05, 0) is 25.1 Å². The second-order valence-corrected chi connectivity index (χ2v) is 5.61. The van der Waals surface area contributed by atoms with Crippen molar-refractivity contribution in [3.8, 4) is 0 Å². The van der Waals surface area contributed by atoms with Gasteiger partial charge >= 0.3 is 0 Å². The summed E-state index contributed by atoms with van der Waals surface area (Å²) in [6.45, 7) is 1.87. The lowest BCUT2D eigenvalue weighted by molar-refractivity contribution is -0.385. The number of amides is 1. The molecule has 0 bridgehead atoms. The van der Waals surface area contributed by atoms with Crippen molar-refractivity contribution in [2.75, 3.05) is 0 Å². The molecule has 0 saturated carbocycles. The number of aromatic nitrogens is 1. The van der Waals surface area contributed by atoms with Gasteiger partial charge in [0.2, 0.25) is 5.56 Å². The highest BCUT2D eigenvalue weighted by Crippen LogP contribution is 2.17. The average Bonchev–Trinajstić information content (AvgIpc) is 2.61. The number of carbonyl (C=O) groups is 1. The van der Waals surface area contributed by atoms with Crippen LogP contribution in [-0.2, 0) is 0 Å². The van der Waals surface area contributed by atoms with E-state index in [0.717, 1.165) is 5.56 Å². The number of fused-ring (bicyclic) bond motifs is 1. The molecule has 0 unspecified atom stereocenters. The number of aromatic amines is 1. The molecule has 26 heavy (non-hydrogen) atoms. The number of H-pyrrole nitrogens is 1. The molecule has 1 aromatic heterocycles. The van der Waals surface area contributed by atoms with Crippen LogP contribution in [0.2, 0.25) is 0 Å². The number of rotatable bonds is 4. The summed E-state index contributed by atoms with van der Waals surface area (Å²) >= 11 is 0. The average molecular weight is 350 g/mol. The van der Waals surface area contributed by atoms with Crippen LogP contribution in [0.1, 0.15) is 21.5 Å². The van der Waals surface area contributed by atoms with Gasteiger partial charge in [-0.15, -0.1) is 0 Å². The Morgan fingerprint density at radius 3 is 2.77 bits per heavy atom. The van der Waals surface area contributed by atoms with Gasteiger partial charge in [-0.1, -0.05) is 23.8 Å². The number of hydrogen-bond donors (Lipinski definition) is 2. The molecular weight excluding hydrogens is 336 g/mol. The van der Waals surface area contributed by atoms with Crippen LogP contribution in [-0.4, -0.2) is 22.0 Å². The maximum absolute atomic E-state index is 12.4. The molecule has 1 heterocycles. The lowest BCUT2D eigenvalue weighted by Gasteiger charge is -2.06. The summed E-state index contributed by atoms with van der Waals surface area (Å²) < 4.78 is 0. The number of nitro groups is 1. The van der Waals surface area contributed by atoms with E-state index >= 15 is 0 Å².